The van der Waals surface area contributed by atoms with Crippen LogP contribution in [0.2, 0.25) is 0 Å². The first-order valence-corrected chi connectivity index (χ1v) is 29.0. The Labute approximate surface area is 493 Å². The highest BCUT2D eigenvalue weighted by atomic mass is 32.1. The Morgan fingerprint density at radius 1 is 0.439 bits per heavy atom. The first kappa shape index (κ1) is 64.6. The summed E-state index contributed by atoms with van der Waals surface area (Å²) in [6.45, 7) is 25.0. The highest BCUT2D eigenvalue weighted by Gasteiger charge is 2.45. The van der Waals surface area contributed by atoms with Gasteiger partial charge < -0.3 is 91.3 Å². The zero-order chi connectivity index (χ0) is 60.6. The van der Waals surface area contributed by atoms with E-state index in [1.54, 1.807) is 0 Å². The molecular formula is C62H88N4O14S2. The predicted octanol–water partition coefficient (Wildman–Crippen LogP) is 4.25. The average molecular weight is 1180 g/mol. The van der Waals surface area contributed by atoms with E-state index >= 15 is 0 Å². The van der Waals surface area contributed by atoms with Crippen molar-refractivity contribution in [2.45, 2.75) is 192 Å². The zero-order valence-electron chi connectivity index (χ0n) is 49.4. The third kappa shape index (κ3) is 15.1. The highest BCUT2D eigenvalue weighted by Crippen LogP contribution is 2.44. The van der Waals surface area contributed by atoms with Crippen LogP contribution in [0, 0.1) is 0 Å². The largest absolute Gasteiger partial charge is 0.507 e. The fourth-order valence-corrected chi connectivity index (χ4v) is 10.9. The Kier molecular flexibility index (Phi) is 20.3. The van der Waals surface area contributed by atoms with Crippen LogP contribution in [-0.2, 0) is 56.8 Å². The van der Waals surface area contributed by atoms with E-state index in [1.165, 1.54) is 0 Å². The quantitative estimate of drug-likeness (QED) is 0.0614. The second-order valence-electron chi connectivity index (χ2n) is 26.2. The van der Waals surface area contributed by atoms with Crippen LogP contribution < -0.4 is 30.7 Å². The minimum Gasteiger partial charge on any atom is -0.507 e. The molecule has 2 aliphatic heterocycles. The number of aliphatic hydroxyl groups is 8. The SMILES string of the molecule is CC(C)(C)c1cc2c(O)c(c1)Cc1cc(C(C)(C)C)cc(c1OCCNC(=S)N[C@@H]1O[C@H](CO)[C@H](O)[C@H](O)[C@H]1O)Cc1cc(C(C)(C)C)cc(c1O)Cc1cc(C(C)(C)C)cc(c1OCCNC(=S)N[C@@H]1O[C@H](CO)[C@H](O)[C@H](O)[C@H]1O)C2. The van der Waals surface area contributed by atoms with Crippen LogP contribution in [0.15, 0.2) is 48.5 Å². The molecule has 0 radical (unpaired) electrons. The Hall–Kier alpha value is -4.94. The molecule has 4 aromatic carbocycles. The van der Waals surface area contributed by atoms with Crippen LogP contribution in [0.25, 0.3) is 0 Å². The summed E-state index contributed by atoms with van der Waals surface area (Å²) in [5, 5.41) is 120. The number of aliphatic hydroxyl groups excluding tert-OH is 8. The van der Waals surface area contributed by atoms with Crippen molar-refractivity contribution >= 4 is 34.7 Å². The Morgan fingerprint density at radius 2 is 0.695 bits per heavy atom. The topological polar surface area (TPSA) is 287 Å². The fraction of sp³-hybridized carbons (Fsp3) is 0.581. The van der Waals surface area contributed by atoms with Gasteiger partial charge in [-0.05, 0) is 113 Å². The van der Waals surface area contributed by atoms with Gasteiger partial charge in [-0.1, -0.05) is 132 Å². The molecule has 14 N–H and O–H groups in total. The lowest BCUT2D eigenvalue weighted by atomic mass is 9.79. The number of phenols is 2. The van der Waals surface area contributed by atoms with Crippen molar-refractivity contribution in [2.75, 3.05) is 39.5 Å². The first-order chi connectivity index (χ1) is 38.2. The third-order valence-electron chi connectivity index (χ3n) is 15.6. The van der Waals surface area contributed by atoms with Gasteiger partial charge in [0.1, 0.15) is 85.0 Å². The number of thiocarbonyl (C=S) groups is 2. The van der Waals surface area contributed by atoms with E-state index in [2.05, 4.69) is 153 Å². The van der Waals surface area contributed by atoms with Crippen LogP contribution in [0.5, 0.6) is 23.0 Å². The third-order valence-corrected chi connectivity index (χ3v) is 16.1. The Morgan fingerprint density at radius 3 is 0.939 bits per heavy atom. The van der Waals surface area contributed by atoms with Gasteiger partial charge in [-0.25, -0.2) is 0 Å². The predicted molar refractivity (Wildman–Crippen MR) is 321 cm³/mol. The molecule has 0 amide bonds. The first-order valence-electron chi connectivity index (χ1n) is 28.2. The number of ether oxygens (including phenoxy) is 4. The van der Waals surface area contributed by atoms with Crippen LogP contribution in [0.4, 0.5) is 0 Å². The molecule has 0 aromatic heterocycles. The standard InChI is InChI=1S/C62H88N4O14S2/c1-59(2,3)39-21-31-17-35-25-41(61(7,8)9)27-37(53(35)77-15-13-63-57(81)65-55-51(75)49(73)47(71)43(29-67)79-55)19-33-23-40(60(4,5)6)24-34(46(33)70)20-38-28-42(62(10,11)12)26-36(18-32(22-39)45(31)69)54(38)78-16-14-64-58(82)66-56-52(76)50(74)48(72)44(30-68)80-56/h21-28,43-44,47-52,55-56,67-76H,13-20,29-30H2,1-12H3,(H2,63,65,81)(H2,64,66,82)/t43-,44-,47+,48+,49+,50+,51-,52-,55-,56-/m1/s1. The smallest absolute Gasteiger partial charge is 0.168 e. The number of hydrogen-bond acceptors (Lipinski definition) is 16. The highest BCUT2D eigenvalue weighted by molar-refractivity contribution is 7.80. The lowest BCUT2D eigenvalue weighted by Crippen LogP contribution is -2.64. The molecule has 4 aromatic rings. The molecule has 0 unspecified atom stereocenters. The maximum Gasteiger partial charge on any atom is 0.168 e. The summed E-state index contributed by atoms with van der Waals surface area (Å²) in [5.41, 5.74) is 8.65. The van der Waals surface area contributed by atoms with Crippen molar-refractivity contribution in [1.29, 1.82) is 0 Å². The Bertz CT molecular complexity index is 2640. The molecule has 0 saturated carbocycles. The van der Waals surface area contributed by atoms with Crippen molar-refractivity contribution in [2.24, 2.45) is 0 Å². The molecule has 10 atom stereocenters. The van der Waals surface area contributed by atoms with Gasteiger partial charge in [0, 0.05) is 25.7 Å². The lowest BCUT2D eigenvalue weighted by molar-refractivity contribution is -0.232. The number of nitrogens with one attached hydrogen (secondary N) is 4. The summed E-state index contributed by atoms with van der Waals surface area (Å²) in [7, 11) is 0. The fourth-order valence-electron chi connectivity index (χ4n) is 10.5. The zero-order valence-corrected chi connectivity index (χ0v) is 51.0. The summed E-state index contributed by atoms with van der Waals surface area (Å²) in [6, 6.07) is 16.8. The van der Waals surface area contributed by atoms with Crippen molar-refractivity contribution in [3.63, 3.8) is 0 Å². The minimum atomic E-state index is -1.59. The van der Waals surface area contributed by atoms with Gasteiger partial charge in [0.2, 0.25) is 0 Å². The number of aromatic hydroxyl groups is 2. The number of hydrogen-bond donors (Lipinski definition) is 14. The normalized spacial score (nSPS) is 24.3. The van der Waals surface area contributed by atoms with Gasteiger partial charge in [-0.15, -0.1) is 0 Å². The van der Waals surface area contributed by atoms with Crippen LogP contribution >= 0.6 is 24.4 Å². The maximum atomic E-state index is 12.8. The molecule has 0 spiro atoms. The minimum absolute atomic E-state index is 0.0713. The van der Waals surface area contributed by atoms with Gasteiger partial charge in [0.25, 0.3) is 0 Å². The maximum absolute atomic E-state index is 12.8. The van der Waals surface area contributed by atoms with Crippen molar-refractivity contribution in [3.05, 3.63) is 115 Å². The summed E-state index contributed by atoms with van der Waals surface area (Å²) in [4.78, 5) is 0. The molecule has 452 valence electrons. The van der Waals surface area contributed by atoms with E-state index in [0.29, 0.717) is 33.8 Å². The summed E-state index contributed by atoms with van der Waals surface area (Å²) < 4.78 is 25.0. The number of fused-ring (bicyclic) bond motifs is 8. The van der Waals surface area contributed by atoms with Crippen molar-refractivity contribution in [1.82, 2.24) is 21.3 Å². The van der Waals surface area contributed by atoms with Gasteiger partial charge in [0.05, 0.1) is 26.3 Å². The second kappa shape index (κ2) is 25.7. The van der Waals surface area contributed by atoms with E-state index in [9.17, 15) is 51.1 Å². The molecule has 20 heteroatoms. The molecule has 3 aliphatic rings. The molecule has 2 heterocycles. The lowest BCUT2D eigenvalue weighted by Gasteiger charge is -2.40. The summed E-state index contributed by atoms with van der Waals surface area (Å²) in [5.74, 6) is 1.40. The Balaban J connectivity index is 1.32. The number of phenolic OH excluding ortho intramolecular Hbond substituents is 2. The molecule has 1 aliphatic carbocycles. The molecule has 82 heavy (non-hydrogen) atoms. The van der Waals surface area contributed by atoms with E-state index in [-0.39, 0.29) is 95.4 Å². The van der Waals surface area contributed by atoms with Crippen LogP contribution in [-0.4, -0.2) is 162 Å². The average Bonchev–Trinajstić information content (AvgIpc) is 3.60. The molecular weight excluding hydrogens is 1090 g/mol. The number of rotatable bonds is 12. The van der Waals surface area contributed by atoms with E-state index < -0.39 is 74.5 Å². The summed E-state index contributed by atoms with van der Waals surface area (Å²) >= 11 is 11.1. The van der Waals surface area contributed by atoms with E-state index in [1.807, 2.05) is 0 Å². The second-order valence-corrected chi connectivity index (χ2v) is 27.1. The van der Waals surface area contributed by atoms with Gasteiger partial charge in [0.15, 0.2) is 22.7 Å². The number of benzene rings is 4. The molecule has 2 saturated heterocycles. The van der Waals surface area contributed by atoms with E-state index in [4.69, 9.17) is 43.4 Å². The summed E-state index contributed by atoms with van der Waals surface area (Å²) in [6.07, 6.45) is -13.0. The monoisotopic (exact) mass is 1180 g/mol. The molecule has 7 rings (SSSR count). The van der Waals surface area contributed by atoms with Crippen LogP contribution in [0.3, 0.4) is 0 Å². The van der Waals surface area contributed by atoms with Crippen molar-refractivity contribution in [3.8, 4) is 23.0 Å². The van der Waals surface area contributed by atoms with Gasteiger partial charge in [-0.3, -0.25) is 0 Å². The van der Waals surface area contributed by atoms with Gasteiger partial charge >= 0.3 is 0 Å². The molecule has 8 bridgehead atoms. The molecule has 2 fully saturated rings. The molecule has 18 nitrogen and oxygen atoms in total. The van der Waals surface area contributed by atoms with E-state index in [0.717, 1.165) is 44.5 Å². The van der Waals surface area contributed by atoms with Crippen LogP contribution in [0.1, 0.15) is 150 Å². The van der Waals surface area contributed by atoms with Gasteiger partial charge in [-0.2, -0.15) is 0 Å². The van der Waals surface area contributed by atoms with Crippen molar-refractivity contribution < 1.29 is 70.0 Å².